The van der Waals surface area contributed by atoms with E-state index in [0.717, 1.165) is 30.5 Å². The van der Waals surface area contributed by atoms with Crippen molar-refractivity contribution in [3.05, 3.63) is 34.3 Å². The van der Waals surface area contributed by atoms with Crippen molar-refractivity contribution in [3.63, 3.8) is 0 Å². The first-order valence-electron chi connectivity index (χ1n) is 7.67. The van der Waals surface area contributed by atoms with Crippen LogP contribution in [0.4, 0.5) is 0 Å². The largest absolute Gasteiger partial charge is 0.355 e. The molecule has 21 heavy (non-hydrogen) atoms. The van der Waals surface area contributed by atoms with E-state index in [0.29, 0.717) is 6.54 Å². The van der Waals surface area contributed by atoms with Crippen LogP contribution in [-0.4, -0.2) is 43.0 Å². The monoisotopic (exact) mass is 353 g/mol. The highest BCUT2D eigenvalue weighted by Crippen LogP contribution is 2.28. The predicted molar refractivity (Wildman–Crippen MR) is 89.2 cm³/mol. The number of nitrogens with zero attached hydrogens (tertiary/aromatic N) is 1. The Morgan fingerprint density at radius 3 is 2.76 bits per heavy atom. The Morgan fingerprint density at radius 1 is 1.43 bits per heavy atom. The van der Waals surface area contributed by atoms with Crippen molar-refractivity contribution in [1.29, 1.82) is 0 Å². The van der Waals surface area contributed by atoms with Gasteiger partial charge in [-0.2, -0.15) is 0 Å². The second-order valence-corrected chi connectivity index (χ2v) is 6.24. The summed E-state index contributed by atoms with van der Waals surface area (Å²) >= 11 is 3.48. The van der Waals surface area contributed by atoms with Crippen molar-refractivity contribution in [2.24, 2.45) is 0 Å². The number of likely N-dealkylation sites (N-methyl/N-ethyl adjacent to an activating group) is 1. The standard InChI is InChI=1S/C16H24BrN3O/c1-3-14(12-5-7-13(17)8-6-12)20-10-9-18-11-15(20)16(21)19-4-2/h5-8,14-15,18H,3-4,9-11H2,1-2H3,(H,19,21). The van der Waals surface area contributed by atoms with E-state index in [2.05, 4.69) is 62.7 Å². The van der Waals surface area contributed by atoms with Gasteiger partial charge in [-0.15, -0.1) is 0 Å². The van der Waals surface area contributed by atoms with Gasteiger partial charge in [-0.1, -0.05) is 35.0 Å². The number of rotatable bonds is 5. The van der Waals surface area contributed by atoms with Crippen molar-refractivity contribution in [1.82, 2.24) is 15.5 Å². The third kappa shape index (κ3) is 4.05. The van der Waals surface area contributed by atoms with Crippen LogP contribution < -0.4 is 10.6 Å². The highest BCUT2D eigenvalue weighted by atomic mass is 79.9. The van der Waals surface area contributed by atoms with E-state index in [1.807, 2.05) is 6.92 Å². The summed E-state index contributed by atoms with van der Waals surface area (Å²) in [6.07, 6.45) is 0.998. The van der Waals surface area contributed by atoms with Crippen LogP contribution in [0.2, 0.25) is 0 Å². The van der Waals surface area contributed by atoms with Crippen LogP contribution >= 0.6 is 15.9 Å². The average Bonchev–Trinajstić information content (AvgIpc) is 2.50. The summed E-state index contributed by atoms with van der Waals surface area (Å²) in [5.41, 5.74) is 1.27. The van der Waals surface area contributed by atoms with Crippen molar-refractivity contribution in [2.75, 3.05) is 26.2 Å². The molecule has 1 heterocycles. The van der Waals surface area contributed by atoms with Gasteiger partial charge in [0.2, 0.25) is 5.91 Å². The summed E-state index contributed by atoms with van der Waals surface area (Å²) in [5, 5.41) is 6.29. The number of carbonyl (C=O) groups excluding carboxylic acids is 1. The van der Waals surface area contributed by atoms with Crippen molar-refractivity contribution < 1.29 is 4.79 Å². The molecule has 0 bridgehead atoms. The van der Waals surface area contributed by atoms with Gasteiger partial charge in [0.25, 0.3) is 0 Å². The van der Waals surface area contributed by atoms with Crippen molar-refractivity contribution >= 4 is 21.8 Å². The number of carbonyl (C=O) groups is 1. The van der Waals surface area contributed by atoms with Gasteiger partial charge in [-0.3, -0.25) is 9.69 Å². The molecule has 116 valence electrons. The Balaban J connectivity index is 2.20. The van der Waals surface area contributed by atoms with Gasteiger partial charge < -0.3 is 10.6 Å². The molecule has 1 amide bonds. The van der Waals surface area contributed by atoms with Gasteiger partial charge in [-0.25, -0.2) is 0 Å². The molecule has 0 saturated carbocycles. The smallest absolute Gasteiger partial charge is 0.238 e. The lowest BCUT2D eigenvalue weighted by Crippen LogP contribution is -2.58. The maximum absolute atomic E-state index is 12.3. The quantitative estimate of drug-likeness (QED) is 0.853. The van der Waals surface area contributed by atoms with Gasteiger partial charge >= 0.3 is 0 Å². The average molecular weight is 354 g/mol. The fraction of sp³-hybridized carbons (Fsp3) is 0.562. The van der Waals surface area contributed by atoms with E-state index >= 15 is 0 Å². The van der Waals surface area contributed by atoms with Crippen LogP contribution in [0.15, 0.2) is 28.7 Å². The summed E-state index contributed by atoms with van der Waals surface area (Å²) < 4.78 is 1.08. The minimum atomic E-state index is -0.0905. The predicted octanol–water partition coefficient (Wildman–Crippen LogP) is 2.31. The first-order chi connectivity index (χ1) is 10.2. The molecule has 0 radical (unpaired) electrons. The van der Waals surface area contributed by atoms with E-state index in [1.54, 1.807) is 0 Å². The minimum absolute atomic E-state index is 0.0905. The lowest BCUT2D eigenvalue weighted by molar-refractivity contribution is -0.128. The number of hydrogen-bond acceptors (Lipinski definition) is 3. The van der Waals surface area contributed by atoms with Gasteiger partial charge in [-0.05, 0) is 31.0 Å². The van der Waals surface area contributed by atoms with Crippen LogP contribution in [0.5, 0.6) is 0 Å². The van der Waals surface area contributed by atoms with Gasteiger partial charge in [0, 0.05) is 36.7 Å². The summed E-state index contributed by atoms with van der Waals surface area (Å²) in [6.45, 7) is 7.38. The lowest BCUT2D eigenvalue weighted by Gasteiger charge is -2.40. The topological polar surface area (TPSA) is 44.4 Å². The highest BCUT2D eigenvalue weighted by Gasteiger charge is 2.33. The number of benzene rings is 1. The molecule has 2 N–H and O–H groups in total. The van der Waals surface area contributed by atoms with Crippen molar-refractivity contribution in [3.8, 4) is 0 Å². The first kappa shape index (κ1) is 16.5. The molecule has 0 aromatic heterocycles. The number of amides is 1. The first-order valence-corrected chi connectivity index (χ1v) is 8.46. The Bertz CT molecular complexity index is 463. The molecule has 2 atom stereocenters. The maximum atomic E-state index is 12.3. The van der Waals surface area contributed by atoms with Gasteiger partial charge in [0.05, 0.1) is 0 Å². The van der Waals surface area contributed by atoms with E-state index in [-0.39, 0.29) is 18.0 Å². The Morgan fingerprint density at radius 2 is 2.14 bits per heavy atom. The van der Waals surface area contributed by atoms with Crippen LogP contribution in [0.1, 0.15) is 31.9 Å². The Hall–Kier alpha value is -0.910. The number of hydrogen-bond donors (Lipinski definition) is 2. The molecule has 0 spiro atoms. The molecule has 2 unspecified atom stereocenters. The fourth-order valence-corrected chi connectivity index (χ4v) is 3.24. The highest BCUT2D eigenvalue weighted by molar-refractivity contribution is 9.10. The van der Waals surface area contributed by atoms with Gasteiger partial charge in [0.1, 0.15) is 6.04 Å². The van der Waals surface area contributed by atoms with E-state index in [9.17, 15) is 4.79 Å². The molecule has 1 aromatic carbocycles. The zero-order valence-corrected chi connectivity index (χ0v) is 14.3. The molecular weight excluding hydrogens is 330 g/mol. The molecule has 1 saturated heterocycles. The molecule has 1 aliphatic rings. The van der Waals surface area contributed by atoms with Gasteiger partial charge in [0.15, 0.2) is 0 Å². The van der Waals surface area contributed by atoms with E-state index in [1.165, 1.54) is 5.56 Å². The Kier molecular flexibility index (Phi) is 6.21. The minimum Gasteiger partial charge on any atom is -0.355 e. The SMILES string of the molecule is CCNC(=O)C1CNCCN1C(CC)c1ccc(Br)cc1. The van der Waals surface area contributed by atoms with Crippen LogP contribution in [0, 0.1) is 0 Å². The van der Waals surface area contributed by atoms with E-state index in [4.69, 9.17) is 0 Å². The molecule has 2 rings (SSSR count). The lowest BCUT2D eigenvalue weighted by atomic mass is 9.99. The summed E-state index contributed by atoms with van der Waals surface area (Å²) in [7, 11) is 0. The normalized spacial score (nSPS) is 21.0. The molecule has 5 heteroatoms. The molecule has 4 nitrogen and oxygen atoms in total. The van der Waals surface area contributed by atoms with Crippen LogP contribution in [0.25, 0.3) is 0 Å². The summed E-state index contributed by atoms with van der Waals surface area (Å²) in [6, 6.07) is 8.63. The number of nitrogens with one attached hydrogen (secondary N) is 2. The molecule has 1 fully saturated rings. The fourth-order valence-electron chi connectivity index (χ4n) is 2.98. The van der Waals surface area contributed by atoms with E-state index < -0.39 is 0 Å². The zero-order valence-electron chi connectivity index (χ0n) is 12.7. The molecule has 1 aromatic rings. The maximum Gasteiger partial charge on any atom is 0.238 e. The van der Waals surface area contributed by atoms with Crippen LogP contribution in [-0.2, 0) is 4.79 Å². The second kappa shape index (κ2) is 7.92. The summed E-state index contributed by atoms with van der Waals surface area (Å²) in [5.74, 6) is 0.125. The Labute approximate surface area is 135 Å². The molecule has 0 aliphatic carbocycles. The number of halogens is 1. The zero-order chi connectivity index (χ0) is 15.2. The number of piperazine rings is 1. The second-order valence-electron chi connectivity index (χ2n) is 5.33. The molecule has 1 aliphatic heterocycles. The van der Waals surface area contributed by atoms with Crippen LogP contribution in [0.3, 0.4) is 0 Å². The van der Waals surface area contributed by atoms with Crippen molar-refractivity contribution in [2.45, 2.75) is 32.4 Å². The molecular formula is C16H24BrN3O. The third-order valence-corrected chi connectivity index (χ3v) is 4.51. The third-order valence-electron chi connectivity index (χ3n) is 3.98. The summed E-state index contributed by atoms with van der Waals surface area (Å²) in [4.78, 5) is 14.7.